The number of rotatable bonds is 6. The molecule has 0 radical (unpaired) electrons. The zero-order valence-corrected chi connectivity index (χ0v) is 14.6. The Morgan fingerprint density at radius 2 is 2.09 bits per heavy atom. The van der Waals surface area contributed by atoms with Crippen LogP contribution in [0.15, 0.2) is 16.9 Å². The monoisotopic (exact) mass is 385 g/mol. The van der Waals surface area contributed by atoms with Crippen molar-refractivity contribution in [1.82, 2.24) is 14.9 Å². The van der Waals surface area contributed by atoms with Crippen LogP contribution in [-0.2, 0) is 14.3 Å². The van der Waals surface area contributed by atoms with Gasteiger partial charge in [0, 0.05) is 25.4 Å². The van der Waals surface area contributed by atoms with Crippen molar-refractivity contribution >= 4 is 27.8 Å². The standard InChI is InChI=1S/C15H20BrN3O4/c1-2-22-14(21)6-5-13(20)19-7-3-4-12(10-19)23-15-17-8-11(16)9-18-15/h8-9,12H,2-7,10H2,1H3. The van der Waals surface area contributed by atoms with E-state index in [0.717, 1.165) is 17.3 Å². The summed E-state index contributed by atoms with van der Waals surface area (Å²) in [6, 6.07) is 0.305. The number of nitrogens with zero attached hydrogens (tertiary/aromatic N) is 3. The Hall–Kier alpha value is -1.70. The molecule has 0 N–H and O–H groups in total. The molecule has 1 saturated heterocycles. The summed E-state index contributed by atoms with van der Waals surface area (Å²) in [4.78, 5) is 33.4. The molecule has 7 nitrogen and oxygen atoms in total. The third-order valence-electron chi connectivity index (χ3n) is 3.45. The Kier molecular flexibility index (Phi) is 6.76. The van der Waals surface area contributed by atoms with E-state index >= 15 is 0 Å². The van der Waals surface area contributed by atoms with Crippen molar-refractivity contribution in [2.75, 3.05) is 19.7 Å². The topological polar surface area (TPSA) is 81.6 Å². The van der Waals surface area contributed by atoms with Crippen LogP contribution in [0.25, 0.3) is 0 Å². The summed E-state index contributed by atoms with van der Waals surface area (Å²) in [5.41, 5.74) is 0. The van der Waals surface area contributed by atoms with Crippen LogP contribution in [0.5, 0.6) is 6.01 Å². The quantitative estimate of drug-likeness (QED) is 0.696. The van der Waals surface area contributed by atoms with Crippen molar-refractivity contribution in [3.05, 3.63) is 16.9 Å². The van der Waals surface area contributed by atoms with Crippen molar-refractivity contribution in [2.45, 2.75) is 38.7 Å². The third kappa shape index (κ3) is 5.78. The number of carbonyl (C=O) groups is 2. The fourth-order valence-corrected chi connectivity index (χ4v) is 2.58. The molecule has 2 rings (SSSR count). The van der Waals surface area contributed by atoms with Gasteiger partial charge in [-0.25, -0.2) is 9.97 Å². The average Bonchev–Trinajstić information content (AvgIpc) is 2.55. The van der Waals surface area contributed by atoms with Gasteiger partial charge in [-0.2, -0.15) is 0 Å². The van der Waals surface area contributed by atoms with Gasteiger partial charge in [-0.1, -0.05) is 0 Å². The molecule has 0 spiro atoms. The van der Waals surface area contributed by atoms with Crippen LogP contribution in [0.1, 0.15) is 32.6 Å². The molecule has 1 aliphatic rings. The second-order valence-corrected chi connectivity index (χ2v) is 6.13. The summed E-state index contributed by atoms with van der Waals surface area (Å²) in [6.45, 7) is 3.25. The first-order valence-corrected chi connectivity index (χ1v) is 8.45. The number of aromatic nitrogens is 2. The number of esters is 1. The molecule has 1 atom stereocenters. The predicted octanol–water partition coefficient (Wildman–Crippen LogP) is 1.95. The summed E-state index contributed by atoms with van der Waals surface area (Å²) in [5.74, 6) is -0.392. The van der Waals surface area contributed by atoms with E-state index in [2.05, 4.69) is 25.9 Å². The van der Waals surface area contributed by atoms with E-state index in [0.29, 0.717) is 25.7 Å². The molecule has 0 bridgehead atoms. The van der Waals surface area contributed by atoms with Gasteiger partial charge < -0.3 is 14.4 Å². The molecular formula is C15H20BrN3O4. The number of likely N-dealkylation sites (tertiary alicyclic amines) is 1. The number of ether oxygens (including phenoxy) is 2. The van der Waals surface area contributed by atoms with Crippen LogP contribution in [0, 0.1) is 0 Å². The molecule has 23 heavy (non-hydrogen) atoms. The van der Waals surface area contributed by atoms with Gasteiger partial charge in [0.25, 0.3) is 0 Å². The number of carbonyl (C=O) groups excluding carboxylic acids is 2. The molecule has 1 aliphatic heterocycles. The van der Waals surface area contributed by atoms with Gasteiger partial charge >= 0.3 is 12.0 Å². The van der Waals surface area contributed by atoms with E-state index in [9.17, 15) is 9.59 Å². The highest BCUT2D eigenvalue weighted by atomic mass is 79.9. The van der Waals surface area contributed by atoms with E-state index in [1.807, 2.05) is 0 Å². The molecule has 8 heteroatoms. The third-order valence-corrected chi connectivity index (χ3v) is 3.86. The number of hydrogen-bond acceptors (Lipinski definition) is 6. The normalized spacial score (nSPS) is 17.7. The zero-order valence-electron chi connectivity index (χ0n) is 13.0. The molecule has 0 aromatic carbocycles. The van der Waals surface area contributed by atoms with Crippen LogP contribution < -0.4 is 4.74 Å². The number of piperidine rings is 1. The first-order valence-electron chi connectivity index (χ1n) is 7.66. The molecule has 1 amide bonds. The second-order valence-electron chi connectivity index (χ2n) is 5.21. The maximum Gasteiger partial charge on any atom is 0.316 e. The van der Waals surface area contributed by atoms with Crippen LogP contribution in [0.3, 0.4) is 0 Å². The number of hydrogen-bond donors (Lipinski definition) is 0. The lowest BCUT2D eigenvalue weighted by molar-refractivity contribution is -0.146. The molecule has 1 aromatic heterocycles. The largest absolute Gasteiger partial charge is 0.466 e. The predicted molar refractivity (Wildman–Crippen MR) is 85.8 cm³/mol. The molecule has 2 heterocycles. The second kappa shape index (κ2) is 8.81. The number of amides is 1. The molecule has 1 fully saturated rings. The first-order chi connectivity index (χ1) is 11.1. The number of halogens is 1. The van der Waals surface area contributed by atoms with Gasteiger partial charge in [0.1, 0.15) is 6.10 Å². The summed E-state index contributed by atoms with van der Waals surface area (Å²) in [7, 11) is 0. The Labute approximate surface area is 143 Å². The molecule has 0 saturated carbocycles. The van der Waals surface area contributed by atoms with Crippen LogP contribution in [-0.4, -0.2) is 52.5 Å². The molecular weight excluding hydrogens is 366 g/mol. The highest BCUT2D eigenvalue weighted by molar-refractivity contribution is 9.10. The van der Waals surface area contributed by atoms with Gasteiger partial charge in [0.15, 0.2) is 0 Å². The fraction of sp³-hybridized carbons (Fsp3) is 0.600. The molecule has 126 valence electrons. The van der Waals surface area contributed by atoms with E-state index < -0.39 is 0 Å². The highest BCUT2D eigenvalue weighted by Gasteiger charge is 2.25. The minimum Gasteiger partial charge on any atom is -0.466 e. The van der Waals surface area contributed by atoms with Gasteiger partial charge in [0.2, 0.25) is 5.91 Å². The summed E-state index contributed by atoms with van der Waals surface area (Å²) in [5, 5.41) is 0. The van der Waals surface area contributed by atoms with Gasteiger partial charge in [0.05, 0.1) is 24.0 Å². The zero-order chi connectivity index (χ0) is 16.7. The van der Waals surface area contributed by atoms with Crippen LogP contribution in [0.4, 0.5) is 0 Å². The molecule has 0 aliphatic carbocycles. The average molecular weight is 386 g/mol. The summed E-state index contributed by atoms with van der Waals surface area (Å²) < 4.78 is 11.3. The SMILES string of the molecule is CCOC(=O)CCC(=O)N1CCCC(Oc2ncc(Br)cn2)C1. The minimum absolute atomic E-state index is 0.0527. The van der Waals surface area contributed by atoms with E-state index in [1.54, 1.807) is 24.2 Å². The van der Waals surface area contributed by atoms with Gasteiger partial charge in [-0.15, -0.1) is 0 Å². The van der Waals surface area contributed by atoms with E-state index in [1.165, 1.54) is 0 Å². The van der Waals surface area contributed by atoms with Crippen molar-refractivity contribution in [3.63, 3.8) is 0 Å². The van der Waals surface area contributed by atoms with Gasteiger partial charge in [-0.05, 0) is 35.7 Å². The van der Waals surface area contributed by atoms with Crippen molar-refractivity contribution in [1.29, 1.82) is 0 Å². The maximum atomic E-state index is 12.2. The Bertz CT molecular complexity index is 538. The van der Waals surface area contributed by atoms with Crippen LogP contribution >= 0.6 is 15.9 Å². The summed E-state index contributed by atoms with van der Waals surface area (Å²) in [6.07, 6.45) is 5.09. The van der Waals surface area contributed by atoms with Crippen molar-refractivity contribution < 1.29 is 19.1 Å². The Morgan fingerprint density at radius 1 is 1.35 bits per heavy atom. The fourth-order valence-electron chi connectivity index (χ4n) is 2.37. The smallest absolute Gasteiger partial charge is 0.316 e. The molecule has 1 unspecified atom stereocenters. The van der Waals surface area contributed by atoms with E-state index in [-0.39, 0.29) is 30.8 Å². The van der Waals surface area contributed by atoms with Crippen molar-refractivity contribution in [3.8, 4) is 6.01 Å². The molecule has 1 aromatic rings. The first kappa shape index (κ1) is 17.7. The lowest BCUT2D eigenvalue weighted by Crippen LogP contribution is -2.44. The van der Waals surface area contributed by atoms with Gasteiger partial charge in [-0.3, -0.25) is 9.59 Å². The Balaban J connectivity index is 1.81. The highest BCUT2D eigenvalue weighted by Crippen LogP contribution is 2.17. The van der Waals surface area contributed by atoms with Crippen LogP contribution in [0.2, 0.25) is 0 Å². The lowest BCUT2D eigenvalue weighted by atomic mass is 10.1. The minimum atomic E-state index is -0.339. The van der Waals surface area contributed by atoms with E-state index in [4.69, 9.17) is 9.47 Å². The van der Waals surface area contributed by atoms with Crippen molar-refractivity contribution in [2.24, 2.45) is 0 Å². The Morgan fingerprint density at radius 3 is 2.78 bits per heavy atom. The summed E-state index contributed by atoms with van der Waals surface area (Å²) >= 11 is 3.27. The maximum absolute atomic E-state index is 12.2. The lowest BCUT2D eigenvalue weighted by Gasteiger charge is -2.32.